The maximum atomic E-state index is 15.3. The molecule has 0 saturated carbocycles. The highest BCUT2D eigenvalue weighted by Gasteiger charge is 2.51. The van der Waals surface area contributed by atoms with Crippen LogP contribution in [0.4, 0.5) is 31.0 Å². The van der Waals surface area contributed by atoms with Crippen LogP contribution in [0.1, 0.15) is 49.9 Å². The SMILES string of the molecule is COC(=O)Nc1ccc2c(c1)NC(=O)[C@H](C)CCCC(C(=O)N1CC[C@@]3(C1)OC(=O)Nc1ccc(Cl)c(F)c13)c1nc-2c(Cl)[nH]1. The third-order valence-corrected chi connectivity index (χ3v) is 9.03. The Bertz CT molecular complexity index is 1730. The van der Waals surface area contributed by atoms with Crippen LogP contribution in [0, 0.1) is 11.7 Å². The number of anilines is 3. The number of halogens is 3. The van der Waals surface area contributed by atoms with Crippen LogP contribution >= 0.6 is 23.2 Å². The van der Waals surface area contributed by atoms with Crippen LogP contribution in [0.3, 0.4) is 0 Å². The molecule has 2 bridgehead atoms. The van der Waals surface area contributed by atoms with Crippen molar-refractivity contribution in [3.63, 3.8) is 0 Å². The summed E-state index contributed by atoms with van der Waals surface area (Å²) in [5, 5.41) is 8.02. The molecule has 0 radical (unpaired) electrons. The van der Waals surface area contributed by atoms with E-state index in [1.54, 1.807) is 25.1 Å². The quantitative estimate of drug-likeness (QED) is 0.254. The van der Waals surface area contributed by atoms with Crippen molar-refractivity contribution < 1.29 is 33.0 Å². The minimum Gasteiger partial charge on any atom is -0.453 e. The van der Waals surface area contributed by atoms with E-state index in [1.165, 1.54) is 24.1 Å². The number of imidazole rings is 1. The third kappa shape index (κ3) is 5.66. The number of carbonyl (C=O) groups excluding carboxylic acids is 4. The Labute approximate surface area is 266 Å². The first-order chi connectivity index (χ1) is 21.5. The first-order valence-electron chi connectivity index (χ1n) is 14.3. The van der Waals surface area contributed by atoms with E-state index in [0.717, 1.165) is 0 Å². The fourth-order valence-electron chi connectivity index (χ4n) is 6.15. The molecule has 4 heterocycles. The fraction of sp³-hybridized carbons (Fsp3) is 0.367. The lowest BCUT2D eigenvalue weighted by molar-refractivity contribution is -0.133. The van der Waals surface area contributed by atoms with E-state index in [2.05, 4.69) is 25.7 Å². The molecule has 15 heteroatoms. The van der Waals surface area contributed by atoms with Gasteiger partial charge in [0.05, 0.1) is 41.5 Å². The van der Waals surface area contributed by atoms with E-state index in [4.69, 9.17) is 32.9 Å². The maximum absolute atomic E-state index is 15.3. The number of nitrogens with zero attached hydrogens (tertiary/aromatic N) is 2. The molecule has 3 aliphatic rings. The molecule has 236 valence electrons. The van der Waals surface area contributed by atoms with E-state index >= 15 is 4.39 Å². The summed E-state index contributed by atoms with van der Waals surface area (Å²) in [6, 6.07) is 7.69. The number of carbonyl (C=O) groups is 4. The van der Waals surface area contributed by atoms with Gasteiger partial charge in [-0.2, -0.15) is 0 Å². The lowest BCUT2D eigenvalue weighted by Crippen LogP contribution is -2.44. The molecule has 6 rings (SSSR count). The monoisotopic (exact) mass is 658 g/mol. The molecule has 3 atom stereocenters. The van der Waals surface area contributed by atoms with Crippen molar-refractivity contribution >= 4 is 64.3 Å². The number of ether oxygens (including phenoxy) is 2. The number of fused-ring (bicyclic) bond motifs is 6. The summed E-state index contributed by atoms with van der Waals surface area (Å²) in [7, 11) is 1.24. The predicted molar refractivity (Wildman–Crippen MR) is 164 cm³/mol. The number of likely N-dealkylation sites (tertiary alicyclic amines) is 1. The van der Waals surface area contributed by atoms with Crippen molar-refractivity contribution in [3.05, 3.63) is 57.7 Å². The van der Waals surface area contributed by atoms with E-state index in [-0.39, 0.29) is 52.8 Å². The second-order valence-corrected chi connectivity index (χ2v) is 12.1. The van der Waals surface area contributed by atoms with Crippen molar-refractivity contribution in [2.45, 2.75) is 44.1 Å². The zero-order valence-corrected chi connectivity index (χ0v) is 25.8. The molecule has 3 aliphatic heterocycles. The van der Waals surface area contributed by atoms with E-state index in [1.807, 2.05) is 0 Å². The molecular weight excluding hydrogens is 630 g/mol. The van der Waals surface area contributed by atoms with Crippen LogP contribution in [-0.2, 0) is 24.7 Å². The lowest BCUT2D eigenvalue weighted by Gasteiger charge is -2.36. The average Bonchev–Trinajstić information content (AvgIpc) is 3.59. The van der Waals surface area contributed by atoms with Gasteiger partial charge < -0.3 is 24.7 Å². The average molecular weight is 660 g/mol. The van der Waals surface area contributed by atoms with Crippen molar-refractivity contribution in [1.82, 2.24) is 14.9 Å². The van der Waals surface area contributed by atoms with Gasteiger partial charge >= 0.3 is 12.2 Å². The summed E-state index contributed by atoms with van der Waals surface area (Å²) in [4.78, 5) is 60.9. The smallest absolute Gasteiger partial charge is 0.412 e. The third-order valence-electron chi connectivity index (χ3n) is 8.47. The minimum atomic E-state index is -1.42. The number of rotatable bonds is 2. The standard InChI is InChI=1S/C30H29Cl2FN6O6/c1-14-4-3-5-17(27(41)39-11-10-30(13-39)21-19(36-29(43)45-30)9-8-18(31)22(21)33)25-37-23(24(32)38-25)16-7-6-15(34-28(42)44-2)12-20(16)35-26(14)40/h6-9,12,14,17H,3-5,10-11,13H2,1-2H3,(H,34,42)(H,35,40)(H,36,43)(H,37,38)/t14-,17?,30+/m1/s1. The van der Waals surface area contributed by atoms with Gasteiger partial charge in [0, 0.05) is 30.1 Å². The Morgan fingerprint density at radius 1 is 1.16 bits per heavy atom. The lowest BCUT2D eigenvalue weighted by atomic mass is 9.89. The molecule has 12 nitrogen and oxygen atoms in total. The van der Waals surface area contributed by atoms with Crippen molar-refractivity contribution in [1.29, 1.82) is 0 Å². The van der Waals surface area contributed by atoms with E-state index in [0.29, 0.717) is 47.7 Å². The van der Waals surface area contributed by atoms with Gasteiger partial charge in [0.1, 0.15) is 16.7 Å². The maximum Gasteiger partial charge on any atom is 0.412 e. The Morgan fingerprint density at radius 2 is 1.96 bits per heavy atom. The highest BCUT2D eigenvalue weighted by atomic mass is 35.5. The second-order valence-electron chi connectivity index (χ2n) is 11.3. The highest BCUT2D eigenvalue weighted by Crippen LogP contribution is 2.46. The molecule has 2 aromatic carbocycles. The summed E-state index contributed by atoms with van der Waals surface area (Å²) in [6.45, 7) is 1.89. The number of methoxy groups -OCH3 is 1. The molecule has 4 amide bonds. The largest absolute Gasteiger partial charge is 0.453 e. The van der Waals surface area contributed by atoms with Gasteiger partial charge in [-0.1, -0.05) is 36.5 Å². The summed E-state index contributed by atoms with van der Waals surface area (Å²) in [6.07, 6.45) is 0.0527. The van der Waals surface area contributed by atoms with Gasteiger partial charge in [-0.3, -0.25) is 20.2 Å². The molecule has 1 aromatic heterocycles. The first-order valence-corrected chi connectivity index (χ1v) is 15.1. The Hall–Kier alpha value is -4.36. The fourth-order valence-corrected chi connectivity index (χ4v) is 6.55. The first kappa shape index (κ1) is 30.7. The molecule has 0 aliphatic carbocycles. The number of hydrogen-bond donors (Lipinski definition) is 4. The predicted octanol–water partition coefficient (Wildman–Crippen LogP) is 6.23. The number of aromatic amines is 1. The molecule has 4 N–H and O–H groups in total. The molecule has 1 saturated heterocycles. The second kappa shape index (κ2) is 11.9. The van der Waals surface area contributed by atoms with Crippen molar-refractivity contribution in [2.24, 2.45) is 5.92 Å². The number of nitrogens with one attached hydrogen (secondary N) is 4. The summed E-state index contributed by atoms with van der Waals surface area (Å²) in [5.74, 6) is -2.15. The summed E-state index contributed by atoms with van der Waals surface area (Å²) < 4.78 is 25.7. The summed E-state index contributed by atoms with van der Waals surface area (Å²) in [5.41, 5.74) is 0.431. The number of benzene rings is 2. The van der Waals surface area contributed by atoms with E-state index in [9.17, 15) is 19.2 Å². The van der Waals surface area contributed by atoms with Gasteiger partial charge in [0.15, 0.2) is 11.4 Å². The Morgan fingerprint density at radius 3 is 2.73 bits per heavy atom. The normalized spacial score (nSPS) is 22.6. The molecule has 1 unspecified atom stereocenters. The molecule has 3 aromatic rings. The topological polar surface area (TPSA) is 155 Å². The zero-order valence-electron chi connectivity index (χ0n) is 24.3. The zero-order chi connectivity index (χ0) is 32.0. The van der Waals surface area contributed by atoms with Gasteiger partial charge in [-0.15, -0.1) is 0 Å². The number of H-pyrrole nitrogens is 1. The van der Waals surface area contributed by atoms with Gasteiger partial charge in [0.25, 0.3) is 0 Å². The summed E-state index contributed by atoms with van der Waals surface area (Å²) >= 11 is 12.7. The Balaban J connectivity index is 1.35. The van der Waals surface area contributed by atoms with Crippen LogP contribution in [0.5, 0.6) is 0 Å². The van der Waals surface area contributed by atoms with Crippen LogP contribution in [-0.4, -0.2) is 59.1 Å². The van der Waals surface area contributed by atoms with Crippen LogP contribution < -0.4 is 16.0 Å². The number of aromatic nitrogens is 2. The highest BCUT2D eigenvalue weighted by molar-refractivity contribution is 6.32. The van der Waals surface area contributed by atoms with Gasteiger partial charge in [-0.25, -0.2) is 19.0 Å². The number of hydrogen-bond acceptors (Lipinski definition) is 7. The van der Waals surface area contributed by atoms with Crippen molar-refractivity contribution in [2.75, 3.05) is 36.1 Å². The Kier molecular flexibility index (Phi) is 8.08. The minimum absolute atomic E-state index is 0.0844. The molecule has 1 spiro atoms. The van der Waals surface area contributed by atoms with Crippen molar-refractivity contribution in [3.8, 4) is 11.3 Å². The van der Waals surface area contributed by atoms with Crippen LogP contribution in [0.15, 0.2) is 30.3 Å². The van der Waals surface area contributed by atoms with E-state index < -0.39 is 35.4 Å². The molecule has 1 fully saturated rings. The molecular formula is C30H29Cl2FN6O6. The number of amides is 4. The van der Waals surface area contributed by atoms with Crippen LogP contribution in [0.25, 0.3) is 11.3 Å². The van der Waals surface area contributed by atoms with Gasteiger partial charge in [0.2, 0.25) is 11.8 Å². The molecule has 45 heavy (non-hydrogen) atoms. The van der Waals surface area contributed by atoms with Crippen LogP contribution in [0.2, 0.25) is 10.2 Å². The van der Waals surface area contributed by atoms with Gasteiger partial charge in [-0.05, 0) is 43.2 Å².